The van der Waals surface area contributed by atoms with Crippen molar-refractivity contribution in [2.75, 3.05) is 0 Å². The van der Waals surface area contributed by atoms with Crippen molar-refractivity contribution in [3.63, 3.8) is 0 Å². The molecule has 21 heavy (non-hydrogen) atoms. The molecule has 4 nitrogen and oxygen atoms in total. The van der Waals surface area contributed by atoms with Crippen molar-refractivity contribution in [2.24, 2.45) is 5.92 Å². The van der Waals surface area contributed by atoms with Gasteiger partial charge in [0.2, 0.25) is 5.91 Å². The summed E-state index contributed by atoms with van der Waals surface area (Å²) in [5.41, 5.74) is 2.26. The molecule has 0 bridgehead atoms. The third-order valence-corrected chi connectivity index (χ3v) is 4.57. The second kappa shape index (κ2) is 5.17. The molecular weight excluding hydrogens is 266 g/mol. The minimum absolute atomic E-state index is 0.0131. The van der Waals surface area contributed by atoms with Gasteiger partial charge in [0.25, 0.3) is 0 Å². The molecule has 0 aromatic heterocycles. The molecular formula is C17H21NO3. The van der Waals surface area contributed by atoms with Gasteiger partial charge in [-0.3, -0.25) is 9.59 Å². The maximum atomic E-state index is 12.3. The third kappa shape index (κ3) is 2.43. The van der Waals surface area contributed by atoms with E-state index >= 15 is 0 Å². The predicted molar refractivity (Wildman–Crippen MR) is 78.9 cm³/mol. The zero-order valence-electron chi connectivity index (χ0n) is 12.5. The van der Waals surface area contributed by atoms with Crippen LogP contribution in [0.4, 0.5) is 0 Å². The normalized spacial score (nSPS) is 25.7. The number of benzene rings is 1. The summed E-state index contributed by atoms with van der Waals surface area (Å²) in [6, 6.07) is 7.73. The van der Waals surface area contributed by atoms with Gasteiger partial charge in [-0.1, -0.05) is 24.3 Å². The molecule has 1 amide bonds. The number of aliphatic carboxylic acids is 1. The van der Waals surface area contributed by atoms with Crippen molar-refractivity contribution >= 4 is 11.9 Å². The number of carboxylic acids is 1. The van der Waals surface area contributed by atoms with Crippen LogP contribution in [-0.4, -0.2) is 27.9 Å². The summed E-state index contributed by atoms with van der Waals surface area (Å²) < 4.78 is 0. The second-order valence-corrected chi connectivity index (χ2v) is 6.39. The van der Waals surface area contributed by atoms with Gasteiger partial charge in [-0.05, 0) is 43.7 Å². The van der Waals surface area contributed by atoms with Crippen molar-refractivity contribution in [3.8, 4) is 0 Å². The van der Waals surface area contributed by atoms with Crippen LogP contribution in [0.15, 0.2) is 24.3 Å². The molecule has 1 saturated heterocycles. The van der Waals surface area contributed by atoms with Gasteiger partial charge in [0.05, 0.1) is 12.0 Å². The summed E-state index contributed by atoms with van der Waals surface area (Å²) in [4.78, 5) is 25.7. The molecule has 1 aliphatic carbocycles. The van der Waals surface area contributed by atoms with Crippen LogP contribution in [0.3, 0.4) is 0 Å². The number of rotatable bonds is 4. The van der Waals surface area contributed by atoms with Crippen molar-refractivity contribution in [1.82, 2.24) is 4.90 Å². The lowest BCUT2D eigenvalue weighted by Gasteiger charge is -2.32. The lowest BCUT2D eigenvalue weighted by molar-refractivity contribution is -0.142. The highest BCUT2D eigenvalue weighted by molar-refractivity contribution is 5.87. The molecule has 1 aromatic rings. The maximum absolute atomic E-state index is 12.3. The fourth-order valence-electron chi connectivity index (χ4n) is 3.50. The molecule has 0 spiro atoms. The Morgan fingerprint density at radius 2 is 1.86 bits per heavy atom. The van der Waals surface area contributed by atoms with E-state index in [9.17, 15) is 14.7 Å². The van der Waals surface area contributed by atoms with Crippen LogP contribution in [0.1, 0.15) is 56.2 Å². The maximum Gasteiger partial charge on any atom is 0.309 e. The molecule has 1 saturated carbocycles. The summed E-state index contributed by atoms with van der Waals surface area (Å²) >= 11 is 0. The molecule has 4 heteroatoms. The first kappa shape index (κ1) is 14.1. The highest BCUT2D eigenvalue weighted by atomic mass is 16.4. The number of amides is 1. The first-order valence-corrected chi connectivity index (χ1v) is 7.63. The highest BCUT2D eigenvalue weighted by Gasteiger charge is 2.47. The van der Waals surface area contributed by atoms with Crippen LogP contribution in [-0.2, 0) is 9.59 Å². The fourth-order valence-corrected chi connectivity index (χ4v) is 3.50. The monoisotopic (exact) mass is 287 g/mol. The minimum atomic E-state index is -0.873. The number of likely N-dealkylation sites (tertiary alicyclic amines) is 1. The number of carbonyl (C=O) groups excluding carboxylic acids is 1. The first-order valence-electron chi connectivity index (χ1n) is 7.63. The number of hydrogen-bond donors (Lipinski definition) is 1. The van der Waals surface area contributed by atoms with Crippen LogP contribution in [0.2, 0.25) is 0 Å². The predicted octanol–water partition coefficient (Wildman–Crippen LogP) is 2.95. The molecule has 1 N–H and O–H groups in total. The molecule has 2 fully saturated rings. The van der Waals surface area contributed by atoms with Gasteiger partial charge < -0.3 is 10.0 Å². The van der Waals surface area contributed by atoms with Crippen LogP contribution >= 0.6 is 0 Å². The Balaban J connectivity index is 2.07. The Morgan fingerprint density at radius 3 is 2.38 bits per heavy atom. The van der Waals surface area contributed by atoms with Crippen molar-refractivity contribution in [2.45, 2.75) is 51.1 Å². The molecule has 1 aliphatic heterocycles. The van der Waals surface area contributed by atoms with Gasteiger partial charge in [-0.2, -0.15) is 0 Å². The minimum Gasteiger partial charge on any atom is -0.481 e. The van der Waals surface area contributed by atoms with E-state index in [2.05, 4.69) is 6.07 Å². The quantitative estimate of drug-likeness (QED) is 0.926. The van der Waals surface area contributed by atoms with E-state index in [1.54, 1.807) is 4.90 Å². The fraction of sp³-hybridized carbons (Fsp3) is 0.529. The highest BCUT2D eigenvalue weighted by Crippen LogP contribution is 2.47. The molecule has 0 radical (unpaired) electrons. The molecule has 1 aromatic carbocycles. The van der Waals surface area contributed by atoms with Crippen molar-refractivity contribution < 1.29 is 14.7 Å². The Kier molecular flexibility index (Phi) is 3.47. The summed E-state index contributed by atoms with van der Waals surface area (Å²) in [6.07, 6.45) is 2.44. The van der Waals surface area contributed by atoms with Crippen LogP contribution in [0, 0.1) is 5.92 Å². The third-order valence-electron chi connectivity index (χ3n) is 4.57. The van der Waals surface area contributed by atoms with Gasteiger partial charge in [0.15, 0.2) is 0 Å². The van der Waals surface area contributed by atoms with E-state index in [1.165, 1.54) is 5.56 Å². The van der Waals surface area contributed by atoms with E-state index < -0.39 is 11.9 Å². The lowest BCUT2D eigenvalue weighted by atomic mass is 9.88. The SMILES string of the molecule is CC(C)N1C(=O)CC(C(=O)O)C1c1ccccc1C1CC1. The summed E-state index contributed by atoms with van der Waals surface area (Å²) in [6.45, 7) is 3.91. The van der Waals surface area contributed by atoms with Gasteiger partial charge >= 0.3 is 5.97 Å². The van der Waals surface area contributed by atoms with E-state index in [4.69, 9.17) is 0 Å². The molecule has 112 valence electrons. The average Bonchev–Trinajstić information content (AvgIpc) is 3.21. The Bertz CT molecular complexity index is 577. The Hall–Kier alpha value is -1.84. The number of carbonyl (C=O) groups is 2. The summed E-state index contributed by atoms with van der Waals surface area (Å²) in [5, 5.41) is 9.53. The summed E-state index contributed by atoms with van der Waals surface area (Å²) in [5.74, 6) is -1.02. The van der Waals surface area contributed by atoms with Crippen LogP contribution < -0.4 is 0 Å². The number of carboxylic acid groups (broad SMARTS) is 1. The summed E-state index contributed by atoms with van der Waals surface area (Å²) in [7, 11) is 0. The number of nitrogens with zero attached hydrogens (tertiary/aromatic N) is 1. The molecule has 1 heterocycles. The van der Waals surface area contributed by atoms with Crippen LogP contribution in [0.25, 0.3) is 0 Å². The average molecular weight is 287 g/mol. The zero-order valence-corrected chi connectivity index (χ0v) is 12.5. The van der Waals surface area contributed by atoms with Gasteiger partial charge in [-0.15, -0.1) is 0 Å². The molecule has 3 rings (SSSR count). The van der Waals surface area contributed by atoms with E-state index in [0.29, 0.717) is 5.92 Å². The second-order valence-electron chi connectivity index (χ2n) is 6.39. The number of hydrogen-bond acceptors (Lipinski definition) is 2. The van der Waals surface area contributed by atoms with E-state index in [-0.39, 0.29) is 24.4 Å². The molecule has 2 atom stereocenters. The topological polar surface area (TPSA) is 57.6 Å². The van der Waals surface area contributed by atoms with Crippen LogP contribution in [0.5, 0.6) is 0 Å². The first-order chi connectivity index (χ1) is 10.0. The van der Waals surface area contributed by atoms with Crippen molar-refractivity contribution in [3.05, 3.63) is 35.4 Å². The van der Waals surface area contributed by atoms with Gasteiger partial charge in [0, 0.05) is 12.5 Å². The van der Waals surface area contributed by atoms with Gasteiger partial charge in [-0.25, -0.2) is 0 Å². The standard InChI is InChI=1S/C17H21NO3/c1-10(2)18-15(19)9-14(17(20)21)16(18)13-6-4-3-5-12(13)11-7-8-11/h3-6,10-11,14,16H,7-9H2,1-2H3,(H,20,21). The largest absolute Gasteiger partial charge is 0.481 e. The van der Waals surface area contributed by atoms with E-state index in [0.717, 1.165) is 18.4 Å². The van der Waals surface area contributed by atoms with Gasteiger partial charge in [0.1, 0.15) is 0 Å². The Morgan fingerprint density at radius 1 is 1.24 bits per heavy atom. The zero-order chi connectivity index (χ0) is 15.1. The van der Waals surface area contributed by atoms with Crippen molar-refractivity contribution in [1.29, 1.82) is 0 Å². The lowest BCUT2D eigenvalue weighted by Crippen LogP contribution is -2.36. The molecule has 2 unspecified atom stereocenters. The Labute approximate surface area is 124 Å². The molecule has 2 aliphatic rings. The smallest absolute Gasteiger partial charge is 0.309 e. The van der Waals surface area contributed by atoms with E-state index in [1.807, 2.05) is 32.0 Å².